The van der Waals surface area contributed by atoms with Crippen LogP contribution < -0.4 is 0 Å². The third kappa shape index (κ3) is 4.39. The van der Waals surface area contributed by atoms with E-state index in [1.807, 2.05) is 36.9 Å². The maximum Gasteiger partial charge on any atom is 0.225 e. The van der Waals surface area contributed by atoms with E-state index in [0.717, 1.165) is 57.7 Å². The first kappa shape index (κ1) is 18.3. The van der Waals surface area contributed by atoms with E-state index >= 15 is 0 Å². The van der Waals surface area contributed by atoms with Crippen LogP contribution in [0.2, 0.25) is 0 Å². The van der Waals surface area contributed by atoms with Gasteiger partial charge in [-0.3, -0.25) is 9.78 Å². The van der Waals surface area contributed by atoms with E-state index < -0.39 is 0 Å². The highest BCUT2D eigenvalue weighted by Gasteiger charge is 2.46. The maximum atomic E-state index is 12.2. The van der Waals surface area contributed by atoms with Crippen molar-refractivity contribution >= 4 is 5.91 Å². The maximum absolute atomic E-state index is 12.2. The Kier molecular flexibility index (Phi) is 6.07. The molecule has 0 saturated carbocycles. The number of carbonyl (C=O) groups is 1. The number of aromatic nitrogens is 1. The predicted octanol–water partition coefficient (Wildman–Crippen LogP) is 3.04. The van der Waals surface area contributed by atoms with Crippen LogP contribution in [0.4, 0.5) is 0 Å². The molecule has 0 radical (unpaired) electrons. The van der Waals surface area contributed by atoms with Crippen LogP contribution >= 0.6 is 0 Å². The molecule has 2 aliphatic rings. The molecule has 1 atom stereocenters. The fraction of sp³-hybridized carbons (Fsp3) is 0.700. The van der Waals surface area contributed by atoms with E-state index in [2.05, 4.69) is 4.98 Å². The predicted molar refractivity (Wildman–Crippen MR) is 96.0 cm³/mol. The SMILES string of the molecule is CC(C)C(=O)N1CCC2(CC1)OCC[C@@H]2CCOCc1ccccn1. The van der Waals surface area contributed by atoms with E-state index in [4.69, 9.17) is 9.47 Å². The quantitative estimate of drug-likeness (QED) is 0.743. The summed E-state index contributed by atoms with van der Waals surface area (Å²) in [6, 6.07) is 5.89. The van der Waals surface area contributed by atoms with Gasteiger partial charge in [0.05, 0.1) is 17.9 Å². The average Bonchev–Trinajstić information content (AvgIpc) is 3.01. The largest absolute Gasteiger partial charge is 0.375 e. The molecule has 1 spiro atoms. The Morgan fingerprint density at radius 2 is 2.20 bits per heavy atom. The topological polar surface area (TPSA) is 51.7 Å². The monoisotopic (exact) mass is 346 g/mol. The van der Waals surface area contributed by atoms with Gasteiger partial charge in [0.2, 0.25) is 5.91 Å². The van der Waals surface area contributed by atoms with Gasteiger partial charge in [-0.1, -0.05) is 19.9 Å². The Balaban J connectivity index is 1.45. The lowest BCUT2D eigenvalue weighted by Gasteiger charge is -2.42. The fourth-order valence-corrected chi connectivity index (χ4v) is 4.10. The number of likely N-dealkylation sites (tertiary alicyclic amines) is 1. The van der Waals surface area contributed by atoms with Crippen LogP contribution in [0.1, 0.15) is 45.2 Å². The van der Waals surface area contributed by atoms with Crippen molar-refractivity contribution < 1.29 is 14.3 Å². The molecule has 25 heavy (non-hydrogen) atoms. The highest BCUT2D eigenvalue weighted by molar-refractivity contribution is 5.78. The average molecular weight is 346 g/mol. The molecule has 5 heteroatoms. The van der Waals surface area contributed by atoms with Gasteiger partial charge in [-0.2, -0.15) is 0 Å². The number of hydrogen-bond donors (Lipinski definition) is 0. The summed E-state index contributed by atoms with van der Waals surface area (Å²) in [7, 11) is 0. The van der Waals surface area contributed by atoms with Gasteiger partial charge in [0.25, 0.3) is 0 Å². The zero-order valence-electron chi connectivity index (χ0n) is 15.4. The van der Waals surface area contributed by atoms with Gasteiger partial charge in [-0.05, 0) is 43.7 Å². The molecule has 138 valence electrons. The minimum absolute atomic E-state index is 0.0396. The van der Waals surface area contributed by atoms with Gasteiger partial charge in [0, 0.05) is 38.4 Å². The molecule has 0 aromatic carbocycles. The van der Waals surface area contributed by atoms with Gasteiger partial charge in [0.1, 0.15) is 0 Å². The molecular formula is C20H30N2O3. The molecule has 0 N–H and O–H groups in total. The summed E-state index contributed by atoms with van der Waals surface area (Å²) in [5, 5.41) is 0. The van der Waals surface area contributed by atoms with Gasteiger partial charge in [-0.15, -0.1) is 0 Å². The number of piperidine rings is 1. The van der Waals surface area contributed by atoms with Gasteiger partial charge in [0.15, 0.2) is 0 Å². The van der Waals surface area contributed by atoms with Gasteiger partial charge >= 0.3 is 0 Å². The number of rotatable bonds is 6. The second kappa shape index (κ2) is 8.28. The molecule has 1 amide bonds. The lowest BCUT2D eigenvalue weighted by molar-refractivity contribution is -0.141. The zero-order valence-corrected chi connectivity index (χ0v) is 15.4. The van der Waals surface area contributed by atoms with Crippen LogP contribution in [0.15, 0.2) is 24.4 Å². The van der Waals surface area contributed by atoms with Crippen LogP contribution in [0.25, 0.3) is 0 Å². The van der Waals surface area contributed by atoms with Crippen LogP contribution in [-0.2, 0) is 20.9 Å². The first-order valence-corrected chi connectivity index (χ1v) is 9.51. The van der Waals surface area contributed by atoms with Crippen LogP contribution in [0.3, 0.4) is 0 Å². The lowest BCUT2D eigenvalue weighted by atomic mass is 9.78. The molecule has 1 aromatic rings. The van der Waals surface area contributed by atoms with Crippen molar-refractivity contribution in [2.75, 3.05) is 26.3 Å². The molecule has 0 unspecified atom stereocenters. The standard InChI is InChI=1S/C20H30N2O3/c1-16(2)19(23)22-11-8-20(9-12-22)17(7-14-25-20)6-13-24-15-18-5-3-4-10-21-18/h3-5,10,16-17H,6-9,11-15H2,1-2H3/t17-/m0/s1. The molecule has 0 aliphatic carbocycles. The van der Waals surface area contributed by atoms with Crippen molar-refractivity contribution in [1.29, 1.82) is 0 Å². The summed E-state index contributed by atoms with van der Waals surface area (Å²) in [5.74, 6) is 0.880. The Bertz CT molecular complexity index is 553. The van der Waals surface area contributed by atoms with Gasteiger partial charge < -0.3 is 14.4 Å². The first-order chi connectivity index (χ1) is 12.1. The van der Waals surface area contributed by atoms with E-state index in [0.29, 0.717) is 12.5 Å². The Labute approximate surface area is 150 Å². The molecular weight excluding hydrogens is 316 g/mol. The van der Waals surface area contributed by atoms with Crippen molar-refractivity contribution in [3.8, 4) is 0 Å². The van der Waals surface area contributed by atoms with E-state index in [-0.39, 0.29) is 17.4 Å². The number of pyridine rings is 1. The molecule has 3 heterocycles. The van der Waals surface area contributed by atoms with Crippen molar-refractivity contribution in [3.05, 3.63) is 30.1 Å². The first-order valence-electron chi connectivity index (χ1n) is 9.51. The summed E-state index contributed by atoms with van der Waals surface area (Å²) >= 11 is 0. The lowest BCUT2D eigenvalue weighted by Crippen LogP contribution is -2.50. The van der Waals surface area contributed by atoms with E-state index in [1.165, 1.54) is 0 Å². The molecule has 0 bridgehead atoms. The Morgan fingerprint density at radius 3 is 2.88 bits per heavy atom. The number of hydrogen-bond acceptors (Lipinski definition) is 4. The number of carbonyl (C=O) groups excluding carboxylic acids is 1. The minimum Gasteiger partial charge on any atom is -0.375 e. The van der Waals surface area contributed by atoms with Crippen molar-refractivity contribution in [3.63, 3.8) is 0 Å². The van der Waals surface area contributed by atoms with Crippen molar-refractivity contribution in [2.24, 2.45) is 11.8 Å². The van der Waals surface area contributed by atoms with Crippen LogP contribution in [0, 0.1) is 11.8 Å². The normalized spacial score (nSPS) is 22.7. The van der Waals surface area contributed by atoms with Crippen LogP contribution in [0.5, 0.6) is 0 Å². The molecule has 2 aliphatic heterocycles. The molecule has 1 aromatic heterocycles. The highest BCUT2D eigenvalue weighted by atomic mass is 16.5. The number of nitrogens with zero attached hydrogens (tertiary/aromatic N) is 2. The van der Waals surface area contributed by atoms with E-state index in [9.17, 15) is 4.79 Å². The Morgan fingerprint density at radius 1 is 1.40 bits per heavy atom. The number of ether oxygens (including phenoxy) is 2. The summed E-state index contributed by atoms with van der Waals surface area (Å²) < 4.78 is 12.0. The minimum atomic E-state index is -0.0396. The molecule has 5 nitrogen and oxygen atoms in total. The molecule has 2 saturated heterocycles. The van der Waals surface area contributed by atoms with Crippen molar-refractivity contribution in [1.82, 2.24) is 9.88 Å². The summed E-state index contributed by atoms with van der Waals surface area (Å²) in [6.45, 7) is 7.73. The van der Waals surface area contributed by atoms with E-state index in [1.54, 1.807) is 6.20 Å². The number of amides is 1. The third-order valence-corrected chi connectivity index (χ3v) is 5.60. The fourth-order valence-electron chi connectivity index (χ4n) is 4.10. The summed E-state index contributed by atoms with van der Waals surface area (Å²) in [6.07, 6.45) is 5.83. The highest BCUT2D eigenvalue weighted by Crippen LogP contribution is 2.42. The van der Waals surface area contributed by atoms with Crippen molar-refractivity contribution in [2.45, 2.75) is 51.7 Å². The summed E-state index contributed by atoms with van der Waals surface area (Å²) in [4.78, 5) is 18.5. The smallest absolute Gasteiger partial charge is 0.225 e. The Hall–Kier alpha value is -1.46. The summed E-state index contributed by atoms with van der Waals surface area (Å²) in [5.41, 5.74) is 0.933. The zero-order chi connectivity index (χ0) is 17.7. The van der Waals surface area contributed by atoms with Gasteiger partial charge in [-0.25, -0.2) is 0 Å². The third-order valence-electron chi connectivity index (χ3n) is 5.60. The molecule has 2 fully saturated rings. The van der Waals surface area contributed by atoms with Crippen LogP contribution in [-0.4, -0.2) is 47.7 Å². The molecule has 3 rings (SSSR count). The second-order valence-electron chi connectivity index (χ2n) is 7.54. The second-order valence-corrected chi connectivity index (χ2v) is 7.54.